The second kappa shape index (κ2) is 8.67. The minimum atomic E-state index is -0.587. The minimum absolute atomic E-state index is 0.264. The van der Waals surface area contributed by atoms with Gasteiger partial charge in [-0.05, 0) is 18.6 Å². The molecule has 118 valence electrons. The lowest BCUT2D eigenvalue weighted by atomic mass is 10.2. The fraction of sp³-hybridized carbons (Fsp3) is 0.294. The molecule has 0 spiro atoms. The number of nitrogens with one attached hydrogen (secondary N) is 1. The molecule has 22 heavy (non-hydrogen) atoms. The monoisotopic (exact) mass is 302 g/mol. The maximum absolute atomic E-state index is 11.9. The highest BCUT2D eigenvalue weighted by atomic mass is 16.7. The van der Waals surface area contributed by atoms with Crippen molar-refractivity contribution in [2.75, 3.05) is 7.05 Å². The van der Waals surface area contributed by atoms with Crippen LogP contribution >= 0.6 is 0 Å². The number of hydrogen-bond acceptors (Lipinski definition) is 3. The molecule has 1 heterocycles. The summed E-state index contributed by atoms with van der Waals surface area (Å²) >= 11 is 0. The van der Waals surface area contributed by atoms with Gasteiger partial charge in [0.25, 0.3) is 5.91 Å². The summed E-state index contributed by atoms with van der Waals surface area (Å²) in [6.45, 7) is 7.54. The van der Waals surface area contributed by atoms with Crippen LogP contribution in [0.3, 0.4) is 0 Å². The number of para-hydroxylation sites is 1. The summed E-state index contributed by atoms with van der Waals surface area (Å²) in [6.07, 6.45) is 2.46. The number of aromatic amines is 1. The van der Waals surface area contributed by atoms with Crippen molar-refractivity contribution in [1.82, 2.24) is 10.0 Å². The molecule has 0 saturated carbocycles. The summed E-state index contributed by atoms with van der Waals surface area (Å²) < 4.78 is 0. The standard InChI is InChI=1S/C15H16N2O3.C2H6/c1-3-4-9-14(18)17(2)20-15(19)13-10-11-7-5-6-8-12(11)16-13;1-2/h3,5-8,10,16H,1,4,9H2,2H3;1-2H3. The van der Waals surface area contributed by atoms with Crippen molar-refractivity contribution in [1.29, 1.82) is 0 Å². The Hall–Kier alpha value is -2.56. The maximum Gasteiger partial charge on any atom is 0.379 e. The molecule has 5 nitrogen and oxygen atoms in total. The predicted octanol–water partition coefficient (Wildman–Crippen LogP) is 3.69. The number of allylic oxidation sites excluding steroid dienone is 1. The number of aromatic nitrogens is 1. The van der Waals surface area contributed by atoms with Crippen LogP contribution in [0.25, 0.3) is 10.9 Å². The van der Waals surface area contributed by atoms with Crippen LogP contribution in [0.4, 0.5) is 0 Å². The normalized spacial score (nSPS) is 9.59. The minimum Gasteiger partial charge on any atom is -0.349 e. The number of hydroxylamine groups is 2. The Bertz CT molecular complexity index is 613. The van der Waals surface area contributed by atoms with Gasteiger partial charge in [-0.3, -0.25) is 4.79 Å². The zero-order valence-corrected chi connectivity index (χ0v) is 13.3. The fourth-order valence-corrected chi connectivity index (χ4v) is 1.79. The van der Waals surface area contributed by atoms with Crippen LogP contribution in [0.2, 0.25) is 0 Å². The molecule has 0 fully saturated rings. The van der Waals surface area contributed by atoms with Crippen molar-refractivity contribution < 1.29 is 14.4 Å². The third-order valence-electron chi connectivity index (χ3n) is 2.88. The quantitative estimate of drug-likeness (QED) is 0.692. The van der Waals surface area contributed by atoms with Gasteiger partial charge in [-0.25, -0.2) is 4.79 Å². The highest BCUT2D eigenvalue weighted by Crippen LogP contribution is 2.15. The van der Waals surface area contributed by atoms with E-state index in [1.54, 1.807) is 12.1 Å². The SMILES string of the molecule is C=CCCC(=O)N(C)OC(=O)c1cc2ccccc2[nH]1.CC. The molecule has 5 heteroatoms. The maximum atomic E-state index is 11.9. The molecule has 0 aliphatic carbocycles. The van der Waals surface area contributed by atoms with Gasteiger partial charge in [0, 0.05) is 24.4 Å². The van der Waals surface area contributed by atoms with Crippen LogP contribution in [0.15, 0.2) is 43.0 Å². The second-order valence-corrected chi connectivity index (χ2v) is 4.37. The Morgan fingerprint density at radius 1 is 1.32 bits per heavy atom. The van der Waals surface area contributed by atoms with Gasteiger partial charge in [-0.1, -0.05) is 38.1 Å². The van der Waals surface area contributed by atoms with Crippen molar-refractivity contribution in [3.8, 4) is 0 Å². The lowest BCUT2D eigenvalue weighted by Crippen LogP contribution is -2.29. The van der Waals surface area contributed by atoms with E-state index in [0.717, 1.165) is 16.0 Å². The number of benzene rings is 1. The average molecular weight is 302 g/mol. The highest BCUT2D eigenvalue weighted by molar-refractivity contribution is 5.95. The van der Waals surface area contributed by atoms with Gasteiger partial charge in [0.2, 0.25) is 0 Å². The summed E-state index contributed by atoms with van der Waals surface area (Å²) in [7, 11) is 1.42. The van der Waals surface area contributed by atoms with E-state index in [0.29, 0.717) is 12.1 Å². The molecular weight excluding hydrogens is 280 g/mol. The lowest BCUT2D eigenvalue weighted by Gasteiger charge is -2.15. The van der Waals surface area contributed by atoms with Gasteiger partial charge < -0.3 is 9.82 Å². The number of rotatable bonds is 4. The number of fused-ring (bicyclic) bond motifs is 1. The third kappa shape index (κ3) is 4.48. The molecule has 1 aromatic carbocycles. The Balaban J connectivity index is 0.00000116. The third-order valence-corrected chi connectivity index (χ3v) is 2.88. The molecule has 2 rings (SSSR count). The van der Waals surface area contributed by atoms with Crippen molar-refractivity contribution in [3.63, 3.8) is 0 Å². The first kappa shape index (κ1) is 17.5. The Morgan fingerprint density at radius 2 is 2.00 bits per heavy atom. The highest BCUT2D eigenvalue weighted by Gasteiger charge is 2.17. The first-order valence-corrected chi connectivity index (χ1v) is 7.29. The van der Waals surface area contributed by atoms with Crippen molar-refractivity contribution >= 4 is 22.8 Å². The molecule has 1 aromatic heterocycles. The van der Waals surface area contributed by atoms with Gasteiger partial charge in [0.15, 0.2) is 0 Å². The molecule has 0 atom stereocenters. The summed E-state index contributed by atoms with van der Waals surface area (Å²) in [5, 5.41) is 1.87. The number of H-pyrrole nitrogens is 1. The van der Waals surface area contributed by atoms with Gasteiger partial charge >= 0.3 is 5.97 Å². The van der Waals surface area contributed by atoms with Gasteiger partial charge in [0.1, 0.15) is 5.69 Å². The van der Waals surface area contributed by atoms with E-state index in [2.05, 4.69) is 11.6 Å². The molecule has 1 amide bonds. The molecule has 0 aliphatic heterocycles. The van der Waals surface area contributed by atoms with Crippen LogP contribution in [0.1, 0.15) is 37.2 Å². The number of nitrogens with zero attached hydrogens (tertiary/aromatic N) is 1. The molecule has 0 aliphatic rings. The summed E-state index contributed by atoms with van der Waals surface area (Å²) in [5.41, 5.74) is 1.16. The van der Waals surface area contributed by atoms with Crippen molar-refractivity contribution in [2.45, 2.75) is 26.7 Å². The molecular formula is C17H22N2O3. The zero-order valence-electron chi connectivity index (χ0n) is 13.3. The van der Waals surface area contributed by atoms with Gasteiger partial charge in [-0.2, -0.15) is 5.06 Å². The van der Waals surface area contributed by atoms with Crippen LogP contribution in [0, 0.1) is 0 Å². The fourth-order valence-electron chi connectivity index (χ4n) is 1.79. The number of carbonyl (C=O) groups excluding carboxylic acids is 2. The van der Waals surface area contributed by atoms with E-state index >= 15 is 0 Å². The molecule has 1 N–H and O–H groups in total. The van der Waals surface area contributed by atoms with Crippen LogP contribution < -0.4 is 0 Å². The molecule has 0 radical (unpaired) electrons. The number of hydrogen-bond donors (Lipinski definition) is 1. The van der Waals surface area contributed by atoms with E-state index in [-0.39, 0.29) is 12.3 Å². The van der Waals surface area contributed by atoms with E-state index in [9.17, 15) is 9.59 Å². The summed E-state index contributed by atoms with van der Waals surface area (Å²) in [4.78, 5) is 31.5. The number of amides is 1. The predicted molar refractivity (Wildman–Crippen MR) is 87.3 cm³/mol. The molecule has 0 bridgehead atoms. The van der Waals surface area contributed by atoms with Crippen LogP contribution in [-0.4, -0.2) is 29.0 Å². The van der Waals surface area contributed by atoms with Crippen LogP contribution in [0.5, 0.6) is 0 Å². The lowest BCUT2D eigenvalue weighted by molar-refractivity contribution is -0.161. The molecule has 0 saturated heterocycles. The Labute approximate surface area is 130 Å². The van der Waals surface area contributed by atoms with E-state index in [1.807, 2.05) is 38.1 Å². The molecule has 0 unspecified atom stereocenters. The van der Waals surface area contributed by atoms with E-state index in [4.69, 9.17) is 4.84 Å². The first-order valence-electron chi connectivity index (χ1n) is 7.29. The first-order chi connectivity index (χ1) is 10.6. The Kier molecular flexibility index (Phi) is 6.89. The van der Waals surface area contributed by atoms with E-state index in [1.165, 1.54) is 7.05 Å². The topological polar surface area (TPSA) is 62.4 Å². The number of carbonyl (C=O) groups is 2. The largest absolute Gasteiger partial charge is 0.379 e. The summed E-state index contributed by atoms with van der Waals surface area (Å²) in [6, 6.07) is 9.21. The van der Waals surface area contributed by atoms with Gasteiger partial charge in [-0.15, -0.1) is 6.58 Å². The van der Waals surface area contributed by atoms with Crippen molar-refractivity contribution in [2.24, 2.45) is 0 Å². The van der Waals surface area contributed by atoms with Gasteiger partial charge in [0.05, 0.1) is 0 Å². The van der Waals surface area contributed by atoms with E-state index < -0.39 is 5.97 Å². The summed E-state index contributed by atoms with van der Waals surface area (Å²) in [5.74, 6) is -0.856. The van der Waals surface area contributed by atoms with Crippen molar-refractivity contribution in [3.05, 3.63) is 48.7 Å². The zero-order chi connectivity index (χ0) is 16.5. The second-order valence-electron chi connectivity index (χ2n) is 4.37. The molecule has 2 aromatic rings. The smallest absolute Gasteiger partial charge is 0.349 e. The Morgan fingerprint density at radius 3 is 2.64 bits per heavy atom. The van der Waals surface area contributed by atoms with Crippen LogP contribution in [-0.2, 0) is 9.63 Å². The average Bonchev–Trinajstić information content (AvgIpc) is 2.98.